The standard InChI is InChI=1S/C26H27N5O/c1-3-17-10-20(21-12-27-16-28-13-21)11-19-8-9-29-26(32)24(19)25(17)30-23-6-4-18(5-7-23)22-14-31(2)15-22/h4-9,11-13,16-17,22H,3,10,14-15H2,1-2H3,(H,29,32). The molecule has 1 fully saturated rings. The number of likely N-dealkylation sites (N-methyl/N-ethyl adjacent to an activating group) is 1. The van der Waals surface area contributed by atoms with Crippen LogP contribution in [0.25, 0.3) is 11.6 Å². The summed E-state index contributed by atoms with van der Waals surface area (Å²) in [6, 6.07) is 10.5. The van der Waals surface area contributed by atoms with E-state index in [-0.39, 0.29) is 11.5 Å². The van der Waals surface area contributed by atoms with E-state index < -0.39 is 0 Å². The van der Waals surface area contributed by atoms with Crippen molar-refractivity contribution in [1.82, 2.24) is 19.9 Å². The van der Waals surface area contributed by atoms with Crippen LogP contribution in [0.3, 0.4) is 0 Å². The van der Waals surface area contributed by atoms with Gasteiger partial charge in [0.15, 0.2) is 0 Å². The Bertz CT molecular complexity index is 1220. The Morgan fingerprint density at radius 2 is 1.88 bits per heavy atom. The zero-order valence-electron chi connectivity index (χ0n) is 18.5. The number of rotatable bonds is 4. The fourth-order valence-corrected chi connectivity index (χ4v) is 4.71. The van der Waals surface area contributed by atoms with Gasteiger partial charge in [0.1, 0.15) is 6.33 Å². The number of nitrogens with one attached hydrogen (secondary N) is 1. The number of allylic oxidation sites excluding steroid dienone is 1. The number of benzene rings is 1. The Balaban J connectivity index is 1.56. The van der Waals surface area contributed by atoms with Gasteiger partial charge < -0.3 is 9.88 Å². The highest BCUT2D eigenvalue weighted by molar-refractivity contribution is 6.09. The summed E-state index contributed by atoms with van der Waals surface area (Å²) >= 11 is 0. The fourth-order valence-electron chi connectivity index (χ4n) is 4.71. The van der Waals surface area contributed by atoms with Crippen LogP contribution in [0.2, 0.25) is 0 Å². The van der Waals surface area contributed by atoms with Gasteiger partial charge in [0.05, 0.1) is 17.0 Å². The van der Waals surface area contributed by atoms with Gasteiger partial charge in [-0.05, 0) is 54.8 Å². The zero-order valence-corrected chi connectivity index (χ0v) is 18.5. The van der Waals surface area contributed by atoms with Crippen molar-refractivity contribution in [3.63, 3.8) is 0 Å². The van der Waals surface area contributed by atoms with E-state index in [4.69, 9.17) is 4.99 Å². The summed E-state index contributed by atoms with van der Waals surface area (Å²) < 4.78 is 0. The molecule has 1 saturated heterocycles. The lowest BCUT2D eigenvalue weighted by molar-refractivity contribution is 0.190. The van der Waals surface area contributed by atoms with E-state index in [1.54, 1.807) is 6.20 Å². The number of H-pyrrole nitrogens is 1. The van der Waals surface area contributed by atoms with Gasteiger partial charge in [-0.15, -0.1) is 0 Å². The lowest BCUT2D eigenvalue weighted by atomic mass is 9.89. The average molecular weight is 426 g/mol. The number of nitrogens with zero attached hydrogens (tertiary/aromatic N) is 4. The molecule has 0 bridgehead atoms. The smallest absolute Gasteiger partial charge is 0.257 e. The number of aliphatic imine (C=N–C) groups is 1. The van der Waals surface area contributed by atoms with Crippen LogP contribution in [0.1, 0.15) is 47.9 Å². The molecule has 6 nitrogen and oxygen atoms in total. The molecule has 2 aliphatic rings. The number of aromatic amines is 1. The van der Waals surface area contributed by atoms with Crippen LogP contribution in [-0.4, -0.2) is 45.7 Å². The van der Waals surface area contributed by atoms with Crippen LogP contribution >= 0.6 is 0 Å². The summed E-state index contributed by atoms with van der Waals surface area (Å²) in [7, 11) is 2.15. The Hall–Kier alpha value is -3.38. The van der Waals surface area contributed by atoms with Gasteiger partial charge in [-0.25, -0.2) is 9.97 Å². The van der Waals surface area contributed by atoms with Crippen LogP contribution in [0.15, 0.2) is 65.0 Å². The molecule has 3 aromatic rings. The third kappa shape index (κ3) is 3.94. The van der Waals surface area contributed by atoms with Crippen LogP contribution in [0.5, 0.6) is 0 Å². The highest BCUT2D eigenvalue weighted by Gasteiger charge is 2.27. The van der Waals surface area contributed by atoms with E-state index in [0.29, 0.717) is 11.5 Å². The largest absolute Gasteiger partial charge is 0.329 e. The predicted molar refractivity (Wildman–Crippen MR) is 128 cm³/mol. The van der Waals surface area contributed by atoms with Crippen molar-refractivity contribution >= 4 is 23.0 Å². The van der Waals surface area contributed by atoms with E-state index in [1.165, 1.54) is 11.9 Å². The van der Waals surface area contributed by atoms with Crippen molar-refractivity contribution in [1.29, 1.82) is 0 Å². The molecule has 3 heterocycles. The Morgan fingerprint density at radius 1 is 1.12 bits per heavy atom. The second kappa shape index (κ2) is 8.63. The summed E-state index contributed by atoms with van der Waals surface area (Å²) in [6.07, 6.45) is 10.6. The maximum atomic E-state index is 12.9. The molecule has 2 aromatic heterocycles. The molecule has 1 unspecified atom stereocenters. The quantitative estimate of drug-likeness (QED) is 0.677. The van der Waals surface area contributed by atoms with Crippen molar-refractivity contribution in [2.75, 3.05) is 20.1 Å². The maximum Gasteiger partial charge on any atom is 0.257 e. The maximum absolute atomic E-state index is 12.9. The molecule has 6 heteroatoms. The number of hydrogen-bond donors (Lipinski definition) is 1. The summed E-state index contributed by atoms with van der Waals surface area (Å²) in [4.78, 5) is 31.5. The van der Waals surface area contributed by atoms with Crippen molar-refractivity contribution in [3.05, 3.63) is 87.9 Å². The van der Waals surface area contributed by atoms with Crippen LogP contribution < -0.4 is 5.56 Å². The Labute approximate surface area is 187 Å². The Kier molecular flexibility index (Phi) is 5.53. The molecule has 32 heavy (non-hydrogen) atoms. The summed E-state index contributed by atoms with van der Waals surface area (Å²) in [5.74, 6) is 0.720. The first-order chi connectivity index (χ1) is 15.6. The molecule has 0 radical (unpaired) electrons. The van der Waals surface area contributed by atoms with Gasteiger partial charge in [-0.2, -0.15) is 0 Å². The molecule has 0 saturated carbocycles. The summed E-state index contributed by atoms with van der Waals surface area (Å²) in [5.41, 5.74) is 6.64. The van der Waals surface area contributed by atoms with Gasteiger partial charge in [-0.3, -0.25) is 9.79 Å². The summed E-state index contributed by atoms with van der Waals surface area (Å²) in [6.45, 7) is 4.36. The molecule has 1 aliphatic heterocycles. The minimum Gasteiger partial charge on any atom is -0.329 e. The van der Waals surface area contributed by atoms with Crippen LogP contribution in [0, 0.1) is 5.92 Å². The SMILES string of the molecule is CCC1CC(c2cncnc2)=Cc2cc[nH]c(=O)c2C1=Nc1ccc(C2CN(C)C2)cc1. The molecular formula is C26H27N5O. The van der Waals surface area contributed by atoms with Crippen LogP contribution in [-0.2, 0) is 0 Å². The van der Waals surface area contributed by atoms with Gasteiger partial charge in [-0.1, -0.05) is 25.1 Å². The van der Waals surface area contributed by atoms with E-state index in [1.807, 2.05) is 18.5 Å². The molecular weight excluding hydrogens is 398 g/mol. The fraction of sp³-hybridized carbons (Fsp3) is 0.308. The van der Waals surface area contributed by atoms with E-state index in [2.05, 4.69) is 64.2 Å². The minimum absolute atomic E-state index is 0.101. The van der Waals surface area contributed by atoms with Gasteiger partial charge in [0.2, 0.25) is 0 Å². The second-order valence-electron chi connectivity index (χ2n) is 8.75. The number of pyridine rings is 1. The highest BCUT2D eigenvalue weighted by atomic mass is 16.1. The first kappa shape index (κ1) is 20.5. The molecule has 0 amide bonds. The topological polar surface area (TPSA) is 74.2 Å². The third-order valence-electron chi connectivity index (χ3n) is 6.53. The van der Waals surface area contributed by atoms with Crippen molar-refractivity contribution in [2.45, 2.75) is 25.7 Å². The monoisotopic (exact) mass is 425 g/mol. The second-order valence-corrected chi connectivity index (χ2v) is 8.75. The highest BCUT2D eigenvalue weighted by Crippen LogP contribution is 2.34. The molecule has 1 N–H and O–H groups in total. The van der Waals surface area contributed by atoms with Crippen LogP contribution in [0.4, 0.5) is 5.69 Å². The van der Waals surface area contributed by atoms with Gasteiger partial charge in [0.25, 0.3) is 5.56 Å². The van der Waals surface area contributed by atoms with Gasteiger partial charge in [0, 0.05) is 49.1 Å². The first-order valence-electron chi connectivity index (χ1n) is 11.2. The number of aromatic nitrogens is 3. The lowest BCUT2D eigenvalue weighted by Gasteiger charge is -2.36. The zero-order chi connectivity index (χ0) is 22.1. The third-order valence-corrected chi connectivity index (χ3v) is 6.53. The molecule has 1 atom stereocenters. The molecule has 162 valence electrons. The van der Waals surface area contributed by atoms with E-state index in [0.717, 1.165) is 54.0 Å². The number of likely N-dealkylation sites (tertiary alicyclic amines) is 1. The first-order valence-corrected chi connectivity index (χ1v) is 11.2. The number of hydrogen-bond acceptors (Lipinski definition) is 5. The van der Waals surface area contributed by atoms with Crippen molar-refractivity contribution in [2.24, 2.45) is 10.9 Å². The predicted octanol–water partition coefficient (Wildman–Crippen LogP) is 4.29. The van der Waals surface area contributed by atoms with Gasteiger partial charge >= 0.3 is 0 Å². The molecule has 1 aromatic carbocycles. The van der Waals surface area contributed by atoms with E-state index in [9.17, 15) is 4.79 Å². The minimum atomic E-state index is -0.101. The normalized spacial score (nSPS) is 20.4. The summed E-state index contributed by atoms with van der Waals surface area (Å²) in [5, 5.41) is 0. The van der Waals surface area contributed by atoms with E-state index >= 15 is 0 Å². The lowest BCUT2D eigenvalue weighted by Crippen LogP contribution is -2.41. The van der Waals surface area contributed by atoms with Crippen molar-refractivity contribution in [3.8, 4) is 0 Å². The average Bonchev–Trinajstić information content (AvgIpc) is 2.96. The number of fused-ring (bicyclic) bond motifs is 1. The Morgan fingerprint density at radius 3 is 2.56 bits per heavy atom. The van der Waals surface area contributed by atoms with Crippen molar-refractivity contribution < 1.29 is 0 Å². The molecule has 1 aliphatic carbocycles. The molecule has 5 rings (SSSR count). The molecule has 0 spiro atoms.